The third-order valence-corrected chi connectivity index (χ3v) is 3.31. The van der Waals surface area contributed by atoms with Crippen molar-refractivity contribution in [2.75, 3.05) is 0 Å². The van der Waals surface area contributed by atoms with Gasteiger partial charge in [-0.1, -0.05) is 18.2 Å². The fourth-order valence-electron chi connectivity index (χ4n) is 2.30. The van der Waals surface area contributed by atoms with Gasteiger partial charge in [-0.25, -0.2) is 4.79 Å². The Morgan fingerprint density at radius 3 is 2.82 bits per heavy atom. The highest BCUT2D eigenvalue weighted by atomic mass is 16.4. The number of hydrogen-bond acceptors (Lipinski definition) is 4. The molecule has 1 aromatic carbocycles. The zero-order valence-electron chi connectivity index (χ0n) is 12.0. The van der Waals surface area contributed by atoms with Crippen LogP contribution in [0.15, 0.2) is 57.9 Å². The molecule has 0 aliphatic heterocycles. The summed E-state index contributed by atoms with van der Waals surface area (Å²) in [5.41, 5.74) is 1.60. The number of amides is 1. The van der Waals surface area contributed by atoms with Gasteiger partial charge in [0.1, 0.15) is 5.69 Å². The van der Waals surface area contributed by atoms with E-state index < -0.39 is 5.76 Å². The number of carbonyl (C=O) groups excluding carboxylic acids is 1. The number of oxazole rings is 1. The first kappa shape index (κ1) is 14.1. The van der Waals surface area contributed by atoms with E-state index in [4.69, 9.17) is 4.42 Å². The van der Waals surface area contributed by atoms with Gasteiger partial charge in [-0.2, -0.15) is 0 Å². The summed E-state index contributed by atoms with van der Waals surface area (Å²) in [4.78, 5) is 27.9. The molecule has 1 amide bonds. The predicted molar refractivity (Wildman–Crippen MR) is 81.6 cm³/mol. The van der Waals surface area contributed by atoms with Gasteiger partial charge in [0.05, 0.1) is 5.52 Å². The molecule has 22 heavy (non-hydrogen) atoms. The van der Waals surface area contributed by atoms with E-state index in [1.54, 1.807) is 30.5 Å². The molecule has 2 aromatic heterocycles. The number of rotatable bonds is 4. The zero-order chi connectivity index (χ0) is 15.5. The monoisotopic (exact) mass is 297 g/mol. The highest BCUT2D eigenvalue weighted by Gasteiger charge is 2.14. The molecule has 0 aliphatic carbocycles. The minimum absolute atomic E-state index is 0.242. The minimum Gasteiger partial charge on any atom is -0.408 e. The molecule has 112 valence electrons. The molecular formula is C16H15N3O3. The third-order valence-electron chi connectivity index (χ3n) is 3.31. The number of fused-ring (bicyclic) bond motifs is 1. The van der Waals surface area contributed by atoms with E-state index in [0.717, 1.165) is 0 Å². The van der Waals surface area contributed by atoms with E-state index in [-0.39, 0.29) is 11.9 Å². The number of hydrogen-bond donors (Lipinski definition) is 1. The summed E-state index contributed by atoms with van der Waals surface area (Å²) in [5.74, 6) is -0.700. The standard InChI is InChI=1S/C16H15N3O3/c1-11(18-15(20)12-6-4-5-9-17-12)10-19-13-7-2-3-8-14(13)22-16(19)21/h2-9,11H,10H2,1H3,(H,18,20)/t11-/m0/s1. The van der Waals surface area contributed by atoms with Crippen LogP contribution in [0.4, 0.5) is 0 Å². The Kier molecular flexibility index (Phi) is 3.74. The SMILES string of the molecule is C[C@@H](Cn1c(=O)oc2ccccc21)NC(=O)c1ccccn1. The van der Waals surface area contributed by atoms with E-state index in [2.05, 4.69) is 10.3 Å². The fraction of sp³-hybridized carbons (Fsp3) is 0.188. The maximum atomic E-state index is 12.0. The summed E-state index contributed by atoms with van der Waals surface area (Å²) in [5, 5.41) is 2.82. The number of aromatic nitrogens is 2. The summed E-state index contributed by atoms with van der Waals surface area (Å²) in [7, 11) is 0. The van der Waals surface area contributed by atoms with E-state index in [1.165, 1.54) is 4.57 Å². The Hall–Kier alpha value is -2.89. The molecule has 3 aromatic rings. The Morgan fingerprint density at radius 1 is 1.27 bits per heavy atom. The van der Waals surface area contributed by atoms with E-state index in [1.807, 2.05) is 25.1 Å². The summed E-state index contributed by atoms with van der Waals surface area (Å²) in [6, 6.07) is 12.1. The lowest BCUT2D eigenvalue weighted by Gasteiger charge is -2.13. The number of pyridine rings is 1. The quantitative estimate of drug-likeness (QED) is 0.796. The number of carbonyl (C=O) groups is 1. The van der Waals surface area contributed by atoms with Gasteiger partial charge in [0, 0.05) is 18.8 Å². The highest BCUT2D eigenvalue weighted by molar-refractivity contribution is 5.92. The van der Waals surface area contributed by atoms with Crippen LogP contribution in [0.1, 0.15) is 17.4 Å². The van der Waals surface area contributed by atoms with Crippen molar-refractivity contribution in [3.8, 4) is 0 Å². The second-order valence-corrected chi connectivity index (χ2v) is 5.04. The van der Waals surface area contributed by atoms with Crippen molar-refractivity contribution in [3.05, 3.63) is 64.9 Å². The summed E-state index contributed by atoms with van der Waals surface area (Å²) in [6.45, 7) is 2.16. The van der Waals surface area contributed by atoms with Crippen LogP contribution < -0.4 is 11.1 Å². The summed E-state index contributed by atoms with van der Waals surface area (Å²) < 4.78 is 6.68. The number of nitrogens with one attached hydrogen (secondary N) is 1. The molecule has 0 unspecified atom stereocenters. The summed E-state index contributed by atoms with van der Waals surface area (Å²) in [6.07, 6.45) is 1.56. The van der Waals surface area contributed by atoms with Gasteiger partial charge in [-0.3, -0.25) is 14.3 Å². The molecule has 0 bridgehead atoms. The average Bonchev–Trinajstić information content (AvgIpc) is 2.84. The van der Waals surface area contributed by atoms with Crippen LogP contribution in [-0.4, -0.2) is 21.5 Å². The van der Waals surface area contributed by atoms with Gasteiger partial charge < -0.3 is 9.73 Å². The average molecular weight is 297 g/mol. The molecular weight excluding hydrogens is 282 g/mol. The molecule has 6 nitrogen and oxygen atoms in total. The molecule has 0 saturated heterocycles. The molecule has 0 fully saturated rings. The molecule has 0 aliphatic rings. The second-order valence-electron chi connectivity index (χ2n) is 5.04. The maximum Gasteiger partial charge on any atom is 0.420 e. The van der Waals surface area contributed by atoms with Crippen molar-refractivity contribution in [1.82, 2.24) is 14.9 Å². The lowest BCUT2D eigenvalue weighted by atomic mass is 10.2. The van der Waals surface area contributed by atoms with Crippen LogP contribution in [0, 0.1) is 0 Å². The van der Waals surface area contributed by atoms with Gasteiger partial charge in [-0.05, 0) is 31.2 Å². The first-order chi connectivity index (χ1) is 10.6. The third kappa shape index (κ3) is 2.76. The lowest BCUT2D eigenvalue weighted by molar-refractivity contribution is 0.0931. The van der Waals surface area contributed by atoms with Crippen molar-refractivity contribution in [3.63, 3.8) is 0 Å². The van der Waals surface area contributed by atoms with Crippen LogP contribution >= 0.6 is 0 Å². The molecule has 3 rings (SSSR count). The number of nitrogens with zero attached hydrogens (tertiary/aromatic N) is 2. The van der Waals surface area contributed by atoms with Crippen molar-refractivity contribution < 1.29 is 9.21 Å². The van der Waals surface area contributed by atoms with Crippen LogP contribution in [0.3, 0.4) is 0 Å². The molecule has 0 spiro atoms. The smallest absolute Gasteiger partial charge is 0.408 e. The van der Waals surface area contributed by atoms with Crippen molar-refractivity contribution >= 4 is 17.0 Å². The van der Waals surface area contributed by atoms with Crippen LogP contribution in [0.5, 0.6) is 0 Å². The van der Waals surface area contributed by atoms with Gasteiger partial charge in [-0.15, -0.1) is 0 Å². The van der Waals surface area contributed by atoms with Crippen molar-refractivity contribution in [2.24, 2.45) is 0 Å². The zero-order valence-corrected chi connectivity index (χ0v) is 12.0. The van der Waals surface area contributed by atoms with Gasteiger partial charge in [0.25, 0.3) is 5.91 Å². The van der Waals surface area contributed by atoms with E-state index in [9.17, 15) is 9.59 Å². The minimum atomic E-state index is -0.430. The largest absolute Gasteiger partial charge is 0.420 e. The van der Waals surface area contributed by atoms with Crippen LogP contribution in [0.2, 0.25) is 0 Å². The Labute approximate surface area is 126 Å². The molecule has 1 atom stereocenters. The molecule has 1 N–H and O–H groups in total. The van der Waals surface area contributed by atoms with Gasteiger partial charge in [0.2, 0.25) is 0 Å². The maximum absolute atomic E-state index is 12.0. The fourth-order valence-corrected chi connectivity index (χ4v) is 2.30. The second kappa shape index (κ2) is 5.85. The predicted octanol–water partition coefficient (Wildman–Crippen LogP) is 1.81. The Morgan fingerprint density at radius 2 is 2.05 bits per heavy atom. The van der Waals surface area contributed by atoms with E-state index >= 15 is 0 Å². The Balaban J connectivity index is 1.76. The molecule has 6 heteroatoms. The molecule has 0 radical (unpaired) electrons. The normalized spacial score (nSPS) is 12.2. The first-order valence-electron chi connectivity index (χ1n) is 6.95. The van der Waals surface area contributed by atoms with Gasteiger partial charge >= 0.3 is 5.76 Å². The topological polar surface area (TPSA) is 77.1 Å². The highest BCUT2D eigenvalue weighted by Crippen LogP contribution is 2.12. The summed E-state index contributed by atoms with van der Waals surface area (Å²) >= 11 is 0. The number of para-hydroxylation sites is 2. The lowest BCUT2D eigenvalue weighted by Crippen LogP contribution is -2.37. The number of benzene rings is 1. The first-order valence-corrected chi connectivity index (χ1v) is 6.95. The molecule has 0 saturated carbocycles. The van der Waals surface area contributed by atoms with Crippen molar-refractivity contribution in [2.45, 2.75) is 19.5 Å². The van der Waals surface area contributed by atoms with Crippen molar-refractivity contribution in [1.29, 1.82) is 0 Å². The molecule has 2 heterocycles. The van der Waals surface area contributed by atoms with Gasteiger partial charge in [0.15, 0.2) is 5.58 Å². The van der Waals surface area contributed by atoms with E-state index in [0.29, 0.717) is 23.3 Å². The van der Waals surface area contributed by atoms with Crippen LogP contribution in [-0.2, 0) is 6.54 Å². The Bertz CT molecular complexity index is 852. The van der Waals surface area contributed by atoms with Crippen LogP contribution in [0.25, 0.3) is 11.1 Å².